The highest BCUT2D eigenvalue weighted by atomic mass is 35.5. The topological polar surface area (TPSA) is 62.1 Å². The first-order chi connectivity index (χ1) is 10.5. The smallest absolute Gasteiger partial charge is 0.262 e. The number of carbonyl (C=O) groups is 1. The van der Waals surface area contributed by atoms with Crippen molar-refractivity contribution in [1.82, 2.24) is 0 Å². The molecule has 7 heteroatoms. The van der Waals surface area contributed by atoms with E-state index in [1.54, 1.807) is 24.3 Å². The predicted molar refractivity (Wildman–Crippen MR) is 86.8 cm³/mol. The zero-order chi connectivity index (χ0) is 16.1. The van der Waals surface area contributed by atoms with E-state index in [0.717, 1.165) is 0 Å². The lowest BCUT2D eigenvalue weighted by atomic mass is 10.2. The third kappa shape index (κ3) is 4.05. The van der Waals surface area contributed by atoms with Crippen LogP contribution in [0.1, 0.15) is 5.56 Å². The SMILES string of the molecule is N#Cc1ccc(Cl)cc1NC(=O)COc1cccc(Cl)c1Cl. The number of hydrogen-bond acceptors (Lipinski definition) is 3. The van der Waals surface area contributed by atoms with Crippen LogP contribution in [0.3, 0.4) is 0 Å². The Morgan fingerprint density at radius 1 is 1.23 bits per heavy atom. The molecule has 1 amide bonds. The van der Waals surface area contributed by atoms with Crippen molar-refractivity contribution in [2.75, 3.05) is 11.9 Å². The number of amides is 1. The Balaban J connectivity index is 2.04. The fourth-order valence-corrected chi connectivity index (χ4v) is 2.16. The number of hydrogen-bond donors (Lipinski definition) is 1. The molecule has 22 heavy (non-hydrogen) atoms. The molecule has 2 aromatic carbocycles. The van der Waals surface area contributed by atoms with Gasteiger partial charge in [-0.15, -0.1) is 0 Å². The highest BCUT2D eigenvalue weighted by Crippen LogP contribution is 2.31. The number of nitriles is 1. The summed E-state index contributed by atoms with van der Waals surface area (Å²) >= 11 is 17.7. The number of nitrogens with one attached hydrogen (secondary N) is 1. The van der Waals surface area contributed by atoms with Crippen molar-refractivity contribution < 1.29 is 9.53 Å². The molecule has 0 bridgehead atoms. The van der Waals surface area contributed by atoms with Crippen molar-refractivity contribution in [1.29, 1.82) is 5.26 Å². The maximum Gasteiger partial charge on any atom is 0.262 e. The van der Waals surface area contributed by atoms with Gasteiger partial charge in [0, 0.05) is 5.02 Å². The first-order valence-electron chi connectivity index (χ1n) is 6.07. The number of ether oxygens (including phenoxy) is 1. The molecule has 0 heterocycles. The van der Waals surface area contributed by atoms with Crippen LogP contribution in [0.5, 0.6) is 5.75 Å². The van der Waals surface area contributed by atoms with Gasteiger partial charge in [-0.3, -0.25) is 4.79 Å². The second-order valence-corrected chi connectivity index (χ2v) is 5.41. The van der Waals surface area contributed by atoms with Crippen LogP contribution < -0.4 is 10.1 Å². The van der Waals surface area contributed by atoms with Gasteiger partial charge in [0.25, 0.3) is 5.91 Å². The molecule has 0 atom stereocenters. The summed E-state index contributed by atoms with van der Waals surface area (Å²) in [5, 5.41) is 12.5. The Hall–Kier alpha value is -1.93. The standard InChI is InChI=1S/C15H9Cl3N2O2/c16-10-5-4-9(7-19)12(6-10)20-14(21)8-22-13-3-1-2-11(17)15(13)18/h1-6H,8H2,(H,20,21). The minimum atomic E-state index is -0.449. The van der Waals surface area contributed by atoms with Gasteiger partial charge in [0.1, 0.15) is 16.8 Å². The molecular weight excluding hydrogens is 347 g/mol. The summed E-state index contributed by atoms with van der Waals surface area (Å²) in [5.41, 5.74) is 0.624. The number of rotatable bonds is 4. The van der Waals surface area contributed by atoms with Crippen molar-refractivity contribution in [3.8, 4) is 11.8 Å². The molecule has 2 aromatic rings. The summed E-state index contributed by atoms with van der Waals surface area (Å²) in [6.45, 7) is -0.280. The van der Waals surface area contributed by atoms with Crippen molar-refractivity contribution in [2.45, 2.75) is 0 Å². The summed E-state index contributed by atoms with van der Waals surface area (Å²) in [6, 6.07) is 11.4. The molecule has 2 rings (SSSR count). The van der Waals surface area contributed by atoms with Gasteiger partial charge in [-0.1, -0.05) is 40.9 Å². The number of anilines is 1. The number of carbonyl (C=O) groups excluding carboxylic acids is 1. The van der Waals surface area contributed by atoms with E-state index < -0.39 is 5.91 Å². The van der Waals surface area contributed by atoms with E-state index in [1.165, 1.54) is 12.1 Å². The summed E-state index contributed by atoms with van der Waals surface area (Å²) in [6.07, 6.45) is 0. The van der Waals surface area contributed by atoms with Gasteiger partial charge >= 0.3 is 0 Å². The van der Waals surface area contributed by atoms with Crippen molar-refractivity contribution >= 4 is 46.4 Å². The van der Waals surface area contributed by atoms with Gasteiger partial charge in [-0.05, 0) is 30.3 Å². The third-order valence-corrected chi connectivity index (χ3v) is 3.69. The molecule has 0 saturated heterocycles. The van der Waals surface area contributed by atoms with E-state index in [9.17, 15) is 4.79 Å². The maximum atomic E-state index is 11.9. The van der Waals surface area contributed by atoms with E-state index in [-0.39, 0.29) is 11.6 Å². The number of halogens is 3. The third-order valence-electron chi connectivity index (χ3n) is 2.65. The van der Waals surface area contributed by atoms with Crippen LogP contribution >= 0.6 is 34.8 Å². The van der Waals surface area contributed by atoms with Crippen LogP contribution in [0, 0.1) is 11.3 Å². The number of benzene rings is 2. The minimum absolute atomic E-state index is 0.234. The fourth-order valence-electron chi connectivity index (χ4n) is 1.64. The quantitative estimate of drug-likeness (QED) is 0.876. The van der Waals surface area contributed by atoms with Crippen molar-refractivity contribution in [3.63, 3.8) is 0 Å². The van der Waals surface area contributed by atoms with Gasteiger partial charge in [0.2, 0.25) is 0 Å². The summed E-state index contributed by atoms with van der Waals surface area (Å²) < 4.78 is 5.31. The molecule has 112 valence electrons. The monoisotopic (exact) mass is 354 g/mol. The first-order valence-corrected chi connectivity index (χ1v) is 7.21. The minimum Gasteiger partial charge on any atom is -0.482 e. The highest BCUT2D eigenvalue weighted by molar-refractivity contribution is 6.42. The molecular formula is C15H9Cl3N2O2. The van der Waals surface area contributed by atoms with Crippen LogP contribution in [-0.2, 0) is 4.79 Å². The van der Waals surface area contributed by atoms with E-state index in [0.29, 0.717) is 27.0 Å². The summed E-state index contributed by atoms with van der Waals surface area (Å²) in [7, 11) is 0. The van der Waals surface area contributed by atoms with Gasteiger partial charge < -0.3 is 10.1 Å². The lowest BCUT2D eigenvalue weighted by Crippen LogP contribution is -2.20. The van der Waals surface area contributed by atoms with E-state index >= 15 is 0 Å². The average Bonchev–Trinajstić information content (AvgIpc) is 2.49. The highest BCUT2D eigenvalue weighted by Gasteiger charge is 2.10. The predicted octanol–water partition coefficient (Wildman–Crippen LogP) is 4.54. The molecule has 0 unspecified atom stereocenters. The molecule has 0 spiro atoms. The Kier molecular flexibility index (Phi) is 5.51. The maximum absolute atomic E-state index is 11.9. The van der Waals surface area contributed by atoms with Crippen LogP contribution in [0.25, 0.3) is 0 Å². The Morgan fingerprint density at radius 2 is 2.00 bits per heavy atom. The Bertz CT molecular complexity index is 757. The van der Waals surface area contributed by atoms with Gasteiger partial charge in [0.15, 0.2) is 6.61 Å². The molecule has 0 radical (unpaired) electrons. The van der Waals surface area contributed by atoms with Gasteiger partial charge in [0.05, 0.1) is 16.3 Å². The average molecular weight is 356 g/mol. The molecule has 1 N–H and O–H groups in total. The van der Waals surface area contributed by atoms with Crippen LogP contribution in [0.15, 0.2) is 36.4 Å². The second-order valence-electron chi connectivity index (χ2n) is 4.19. The molecule has 0 aliphatic carbocycles. The Morgan fingerprint density at radius 3 is 2.73 bits per heavy atom. The van der Waals surface area contributed by atoms with E-state index in [1.807, 2.05) is 6.07 Å². The lowest BCUT2D eigenvalue weighted by molar-refractivity contribution is -0.118. The first kappa shape index (κ1) is 16.4. The van der Waals surface area contributed by atoms with Crippen molar-refractivity contribution in [3.05, 3.63) is 57.0 Å². The largest absolute Gasteiger partial charge is 0.482 e. The molecule has 0 fully saturated rings. The lowest BCUT2D eigenvalue weighted by Gasteiger charge is -2.10. The molecule has 0 aliphatic rings. The fraction of sp³-hybridized carbons (Fsp3) is 0.0667. The van der Waals surface area contributed by atoms with Crippen LogP contribution in [0.2, 0.25) is 15.1 Å². The molecule has 0 aromatic heterocycles. The van der Waals surface area contributed by atoms with E-state index in [2.05, 4.69) is 5.32 Å². The second kappa shape index (κ2) is 7.37. The van der Waals surface area contributed by atoms with Crippen molar-refractivity contribution in [2.24, 2.45) is 0 Å². The molecule has 0 aliphatic heterocycles. The van der Waals surface area contributed by atoms with E-state index in [4.69, 9.17) is 44.8 Å². The van der Waals surface area contributed by atoms with Gasteiger partial charge in [-0.25, -0.2) is 0 Å². The van der Waals surface area contributed by atoms with Gasteiger partial charge in [-0.2, -0.15) is 5.26 Å². The van der Waals surface area contributed by atoms with Crippen LogP contribution in [0.4, 0.5) is 5.69 Å². The summed E-state index contributed by atoms with van der Waals surface area (Å²) in [5.74, 6) is -0.147. The molecule has 0 saturated carbocycles. The zero-order valence-corrected chi connectivity index (χ0v) is 13.3. The Labute approximate surface area is 142 Å². The normalized spacial score (nSPS) is 9.91. The zero-order valence-electron chi connectivity index (χ0n) is 11.1. The number of nitrogens with zero attached hydrogens (tertiary/aromatic N) is 1. The summed E-state index contributed by atoms with van der Waals surface area (Å²) in [4.78, 5) is 11.9. The van der Waals surface area contributed by atoms with Crippen LogP contribution in [-0.4, -0.2) is 12.5 Å². The molecule has 4 nitrogen and oxygen atoms in total.